The van der Waals surface area contributed by atoms with Crippen LogP contribution < -0.4 is 36.6 Å². The molecule has 0 bridgehead atoms. The van der Waals surface area contributed by atoms with E-state index in [9.17, 15) is 38.7 Å². The van der Waals surface area contributed by atoms with Crippen molar-refractivity contribution in [2.45, 2.75) is 174 Å². The van der Waals surface area contributed by atoms with Gasteiger partial charge in [0.1, 0.15) is 36.4 Å². The van der Waals surface area contributed by atoms with Gasteiger partial charge in [-0.15, -0.1) is 11.3 Å². The van der Waals surface area contributed by atoms with Crippen LogP contribution in [0, 0.1) is 18.2 Å². The largest absolute Gasteiger partial charge is 0.488 e. The van der Waals surface area contributed by atoms with Crippen LogP contribution in [0.3, 0.4) is 0 Å². The first-order chi connectivity index (χ1) is 36.9. The highest BCUT2D eigenvalue weighted by molar-refractivity contribution is 7.13. The molecule has 420 valence electrons. The third kappa shape index (κ3) is 14.8. The molecule has 7 rings (SSSR count). The van der Waals surface area contributed by atoms with E-state index < -0.39 is 88.8 Å². The highest BCUT2D eigenvalue weighted by Gasteiger charge is 2.46. The van der Waals surface area contributed by atoms with Crippen molar-refractivity contribution in [3.63, 3.8) is 0 Å². The topological polar surface area (TPSA) is 252 Å². The summed E-state index contributed by atoms with van der Waals surface area (Å²) in [4.78, 5) is 103. The molecule has 3 aliphatic rings. The molecule has 0 radical (unpaired) electrons. The molecule has 1 aromatic heterocycles. The third-order valence-corrected chi connectivity index (χ3v) is 15.4. The minimum atomic E-state index is -0.986. The number of aryl methyl sites for hydroxylation is 3. The number of carbonyl (C=O) groups excluding carboxylic acids is 7. The second-order valence-corrected chi connectivity index (χ2v) is 23.6. The molecule has 1 fully saturated rings. The molecule has 0 unspecified atom stereocenters. The van der Waals surface area contributed by atoms with Crippen LogP contribution in [0.4, 0.5) is 14.9 Å². The fourth-order valence-electron chi connectivity index (χ4n) is 10.3. The van der Waals surface area contributed by atoms with Gasteiger partial charge in [-0.1, -0.05) is 81.8 Å². The number of hydrogen-bond acceptors (Lipinski definition) is 12. The number of unbranched alkanes of at least 4 members (excludes halogenated alkanes) is 2. The summed E-state index contributed by atoms with van der Waals surface area (Å²) in [6.07, 6.45) is 1.30. The number of primary amides is 1. The number of nitrogens with two attached hydrogens (primary N) is 1. The van der Waals surface area contributed by atoms with E-state index >= 15 is 4.39 Å². The Labute approximate surface area is 459 Å². The highest BCUT2D eigenvalue weighted by Crippen LogP contribution is 2.39. The van der Waals surface area contributed by atoms with Gasteiger partial charge < -0.3 is 46.5 Å². The van der Waals surface area contributed by atoms with E-state index in [0.717, 1.165) is 32.8 Å². The quantitative estimate of drug-likeness (QED) is 0.0482. The molecule has 7 N–H and O–H groups in total. The number of alkyl carbamates (subject to hydrolysis) is 1. The van der Waals surface area contributed by atoms with Gasteiger partial charge in [-0.3, -0.25) is 33.7 Å². The molecule has 7 amide bonds. The van der Waals surface area contributed by atoms with Gasteiger partial charge in [-0.2, -0.15) is 0 Å². The number of aliphatic hydroxyl groups is 1. The van der Waals surface area contributed by atoms with E-state index in [4.69, 9.17) is 15.2 Å². The van der Waals surface area contributed by atoms with E-state index in [2.05, 4.69) is 26.3 Å². The first-order valence-corrected chi connectivity index (χ1v) is 27.8. The van der Waals surface area contributed by atoms with Gasteiger partial charge >= 0.3 is 6.09 Å². The number of ether oxygens (including phenoxy) is 2. The molecule has 0 aliphatic carbocycles. The van der Waals surface area contributed by atoms with Crippen molar-refractivity contribution in [1.29, 1.82) is 0 Å². The second-order valence-electron chi connectivity index (χ2n) is 22.8. The third-order valence-electron chi connectivity index (χ3n) is 14.4. The zero-order chi connectivity index (χ0) is 56.6. The number of hydrogen-bond donors (Lipinski definition) is 6. The van der Waals surface area contributed by atoms with Gasteiger partial charge in [-0.05, 0) is 112 Å². The van der Waals surface area contributed by atoms with Crippen molar-refractivity contribution in [2.75, 3.05) is 18.1 Å². The number of para-hydroxylation sites is 1. The summed E-state index contributed by atoms with van der Waals surface area (Å²) in [5.74, 6) is -3.45. The summed E-state index contributed by atoms with van der Waals surface area (Å²) in [5.41, 5.74) is 11.3. The van der Waals surface area contributed by atoms with Gasteiger partial charge in [0.25, 0.3) is 0 Å². The van der Waals surface area contributed by atoms with Crippen LogP contribution in [-0.2, 0) is 52.8 Å². The Hall–Kier alpha value is -6.93. The first-order valence-electron chi connectivity index (χ1n) is 26.9. The summed E-state index contributed by atoms with van der Waals surface area (Å²) >= 11 is 1.56. The Morgan fingerprint density at radius 1 is 0.897 bits per heavy atom. The molecule has 7 atom stereocenters. The molecule has 0 saturated carbocycles. The van der Waals surface area contributed by atoms with Crippen molar-refractivity contribution < 1.29 is 52.5 Å². The van der Waals surface area contributed by atoms with E-state index in [1.165, 1.54) is 15.9 Å². The molecule has 1 saturated heterocycles. The Morgan fingerprint density at radius 3 is 2.28 bits per heavy atom. The molecule has 3 aromatic carbocycles. The van der Waals surface area contributed by atoms with Gasteiger partial charge in [0.15, 0.2) is 11.6 Å². The number of aliphatic hydroxyl groups excluding tert-OH is 1. The Balaban J connectivity index is 0.901. The van der Waals surface area contributed by atoms with Gasteiger partial charge in [0.05, 0.1) is 40.0 Å². The van der Waals surface area contributed by atoms with E-state index in [-0.39, 0.29) is 63.0 Å². The Kier molecular flexibility index (Phi) is 19.0. The number of carbonyl (C=O) groups is 7. The summed E-state index contributed by atoms with van der Waals surface area (Å²) < 4.78 is 27.4. The standard InChI is InChI=1S/C58H75FN8O10S/c1-33(35-20-22-38(23-21-35)50-34(2)61-32-78-50)62-52(71)43-29-41(68)30-66(43)55(74)51(57(3,4)5)65-47(70)19-11-9-10-14-36-15-13-18-45(48(36)59)76-31-40(25-27-46(60)69)63-53(72)44-28-39-17-12-16-37-24-26-42(54(73)67(44)49(37)39)64-56(75)77-58(6,7)8/h12-13,15-18,20-23,32-33,40-44,51,68H,9-11,14,19,24-31H2,1-8H3,(H2,60,69)(H,62,71)(H,63,72)(H,64,75)(H,65,70)/t33-,40-,41+,42-,43-,44-,51+/m0/s1. The van der Waals surface area contributed by atoms with E-state index in [1.54, 1.807) is 49.8 Å². The summed E-state index contributed by atoms with van der Waals surface area (Å²) in [7, 11) is 0. The van der Waals surface area contributed by atoms with E-state index in [1.807, 2.05) is 77.1 Å². The number of rotatable bonds is 21. The maximum Gasteiger partial charge on any atom is 0.408 e. The molecule has 78 heavy (non-hydrogen) atoms. The van der Waals surface area contributed by atoms with Gasteiger partial charge in [0.2, 0.25) is 35.4 Å². The van der Waals surface area contributed by atoms with Crippen molar-refractivity contribution in [2.24, 2.45) is 11.1 Å². The lowest BCUT2D eigenvalue weighted by Gasteiger charge is -2.35. The fourth-order valence-corrected chi connectivity index (χ4v) is 11.1. The highest BCUT2D eigenvalue weighted by atomic mass is 32.1. The van der Waals surface area contributed by atoms with Crippen LogP contribution in [-0.4, -0.2) is 112 Å². The van der Waals surface area contributed by atoms with Crippen molar-refractivity contribution in [3.05, 3.63) is 99.9 Å². The molecular weight excluding hydrogens is 1020 g/mol. The van der Waals surface area contributed by atoms with Gasteiger partial charge in [-0.25, -0.2) is 14.2 Å². The van der Waals surface area contributed by atoms with Crippen molar-refractivity contribution in [3.8, 4) is 16.2 Å². The van der Waals surface area contributed by atoms with Crippen LogP contribution in [0.5, 0.6) is 5.75 Å². The molecule has 0 spiro atoms. The zero-order valence-electron chi connectivity index (χ0n) is 45.9. The maximum absolute atomic E-state index is 16.0. The van der Waals surface area contributed by atoms with Crippen LogP contribution in [0.2, 0.25) is 0 Å². The maximum atomic E-state index is 16.0. The molecule has 3 aliphatic heterocycles. The number of thiazole rings is 1. The Morgan fingerprint density at radius 2 is 1.60 bits per heavy atom. The number of anilines is 1. The fraction of sp³-hybridized carbons (Fsp3) is 0.517. The normalized spacial score (nSPS) is 19.2. The summed E-state index contributed by atoms with van der Waals surface area (Å²) in [6, 6.07) is 13.2. The predicted octanol–water partition coefficient (Wildman–Crippen LogP) is 6.66. The van der Waals surface area contributed by atoms with Crippen LogP contribution >= 0.6 is 11.3 Å². The average molecular weight is 1100 g/mol. The lowest BCUT2D eigenvalue weighted by molar-refractivity contribution is -0.144. The van der Waals surface area contributed by atoms with Crippen molar-refractivity contribution >= 4 is 58.6 Å². The number of aromatic nitrogens is 1. The summed E-state index contributed by atoms with van der Waals surface area (Å²) in [6.45, 7) is 14.2. The minimum Gasteiger partial charge on any atom is -0.488 e. The van der Waals surface area contributed by atoms with Crippen LogP contribution in [0.25, 0.3) is 10.4 Å². The first kappa shape index (κ1) is 58.7. The van der Waals surface area contributed by atoms with Crippen molar-refractivity contribution in [1.82, 2.24) is 31.2 Å². The lowest BCUT2D eigenvalue weighted by atomic mass is 9.85. The van der Waals surface area contributed by atoms with Crippen LogP contribution in [0.15, 0.2) is 66.2 Å². The Bertz CT molecular complexity index is 2850. The zero-order valence-corrected chi connectivity index (χ0v) is 46.7. The predicted molar refractivity (Wildman–Crippen MR) is 294 cm³/mol. The number of benzene rings is 3. The lowest BCUT2D eigenvalue weighted by Crippen LogP contribution is -2.57. The number of likely N-dealkylation sites (tertiary alicyclic amines) is 1. The molecule has 18 nitrogen and oxygen atoms in total. The number of β-amino-alcohol motifs (C(OH)–C–C–N with tert-alkyl or cyclic N) is 1. The average Bonchev–Trinajstić information content (AvgIpc) is 4.10. The monoisotopic (exact) mass is 1090 g/mol. The number of nitrogens with zero attached hydrogens (tertiary/aromatic N) is 3. The molecule has 4 aromatic rings. The number of nitrogens with one attached hydrogen (secondary N) is 4. The second kappa shape index (κ2) is 25.2. The molecule has 4 heterocycles. The van der Waals surface area contributed by atoms with E-state index in [0.29, 0.717) is 49.8 Å². The SMILES string of the molecule is Cc1ncsc1-c1ccc([C@H](C)NC(=O)[C@@H]2C[C@@H](O)CN2C(=O)[C@@H](NC(=O)CCCCCc2cccc(OC[C@H](CCC(N)=O)NC(=O)[C@@H]3Cc4cccc5c4N3C(=O)[C@@H](NC(=O)OC(C)(C)C)CC5)c2F)C(C)(C)C)cc1. The molecular formula is C58H75FN8O10S. The van der Waals surface area contributed by atoms with Crippen LogP contribution in [0.1, 0.15) is 134 Å². The number of halogens is 1. The minimum absolute atomic E-state index is 0.0514. The summed E-state index contributed by atoms with van der Waals surface area (Å²) in [5, 5.41) is 22.3. The molecule has 20 heteroatoms. The number of amides is 7. The van der Waals surface area contributed by atoms with Gasteiger partial charge in [0, 0.05) is 32.2 Å². The smallest absolute Gasteiger partial charge is 0.408 e.